The quantitative estimate of drug-likeness (QED) is 0.530. The molecule has 0 aliphatic heterocycles. The van der Waals surface area contributed by atoms with E-state index in [1.807, 2.05) is 42.7 Å². The van der Waals surface area contributed by atoms with Crippen LogP contribution in [0.15, 0.2) is 35.4 Å². The van der Waals surface area contributed by atoms with Gasteiger partial charge in [0, 0.05) is 11.7 Å². The number of imidazole rings is 1. The minimum absolute atomic E-state index is 0.0299. The van der Waals surface area contributed by atoms with Crippen molar-refractivity contribution in [3.63, 3.8) is 0 Å². The summed E-state index contributed by atoms with van der Waals surface area (Å²) in [7, 11) is 0. The third-order valence-corrected chi connectivity index (χ3v) is 5.29. The lowest BCUT2D eigenvalue weighted by molar-refractivity contribution is 0.543. The fourth-order valence-electron chi connectivity index (χ4n) is 3.80. The van der Waals surface area contributed by atoms with Crippen molar-refractivity contribution in [3.05, 3.63) is 58.3 Å². The van der Waals surface area contributed by atoms with Crippen LogP contribution in [0.4, 0.5) is 10.2 Å². The minimum atomic E-state index is -0.844. The zero-order chi connectivity index (χ0) is 19.4. The number of hydrogen-bond donors (Lipinski definition) is 2. The first-order chi connectivity index (χ1) is 13.5. The van der Waals surface area contributed by atoms with Crippen LogP contribution >= 0.6 is 0 Å². The number of nitrogens with zero attached hydrogens (tertiary/aromatic N) is 4. The summed E-state index contributed by atoms with van der Waals surface area (Å²) in [5, 5.41) is 4.90. The maximum atomic E-state index is 13.8. The van der Waals surface area contributed by atoms with Crippen molar-refractivity contribution in [3.8, 4) is 0 Å². The number of pyridine rings is 1. The average molecular weight is 378 g/mol. The van der Waals surface area contributed by atoms with Gasteiger partial charge in [-0.2, -0.15) is 14.4 Å². The molecule has 0 radical (unpaired) electrons. The number of rotatable bonds is 4. The van der Waals surface area contributed by atoms with Crippen molar-refractivity contribution in [1.82, 2.24) is 24.5 Å². The van der Waals surface area contributed by atoms with Gasteiger partial charge in [-0.05, 0) is 43.7 Å². The number of halogens is 1. The van der Waals surface area contributed by atoms with E-state index in [9.17, 15) is 9.18 Å². The van der Waals surface area contributed by atoms with Gasteiger partial charge in [0.15, 0.2) is 11.5 Å². The number of aryl methyl sites for hydroxylation is 1. The van der Waals surface area contributed by atoms with Crippen LogP contribution < -0.4 is 10.9 Å². The summed E-state index contributed by atoms with van der Waals surface area (Å²) in [5.74, 6) is 0.326. The van der Waals surface area contributed by atoms with Crippen molar-refractivity contribution in [2.45, 2.75) is 38.8 Å². The molecular formula is C20H19FN6O. The van der Waals surface area contributed by atoms with Gasteiger partial charge >= 0.3 is 6.08 Å². The second-order valence-corrected chi connectivity index (χ2v) is 7.32. The van der Waals surface area contributed by atoms with Gasteiger partial charge in [-0.25, -0.2) is 4.98 Å². The monoisotopic (exact) mass is 378 g/mol. The first kappa shape index (κ1) is 16.9. The summed E-state index contributed by atoms with van der Waals surface area (Å²) in [5.41, 5.74) is 2.65. The molecule has 4 aromatic rings. The summed E-state index contributed by atoms with van der Waals surface area (Å²) in [6.45, 7) is 3.90. The minimum Gasteiger partial charge on any atom is -0.360 e. The van der Waals surface area contributed by atoms with E-state index in [4.69, 9.17) is 0 Å². The molecule has 3 aromatic heterocycles. The maximum absolute atomic E-state index is 13.8. The number of aromatic nitrogens is 5. The van der Waals surface area contributed by atoms with Gasteiger partial charge in [0.05, 0.1) is 17.8 Å². The number of nitrogens with one attached hydrogen (secondary N) is 2. The van der Waals surface area contributed by atoms with Crippen LogP contribution in [0, 0.1) is 13.0 Å². The Morgan fingerprint density at radius 2 is 2.14 bits per heavy atom. The molecular weight excluding hydrogens is 359 g/mol. The Hall–Kier alpha value is -3.29. The van der Waals surface area contributed by atoms with E-state index in [2.05, 4.69) is 25.3 Å². The number of hydrogen-bond acceptors (Lipinski definition) is 5. The predicted octanol–water partition coefficient (Wildman–Crippen LogP) is 3.62. The van der Waals surface area contributed by atoms with Gasteiger partial charge in [0.2, 0.25) is 0 Å². The van der Waals surface area contributed by atoms with E-state index in [0.29, 0.717) is 11.3 Å². The van der Waals surface area contributed by atoms with E-state index < -0.39 is 6.08 Å². The molecule has 1 aliphatic rings. The van der Waals surface area contributed by atoms with Crippen molar-refractivity contribution in [2.75, 3.05) is 5.32 Å². The zero-order valence-electron chi connectivity index (χ0n) is 15.5. The van der Waals surface area contributed by atoms with Gasteiger partial charge < -0.3 is 14.9 Å². The summed E-state index contributed by atoms with van der Waals surface area (Å²) in [6.07, 6.45) is 2.59. The Bertz CT molecular complexity index is 1270. The number of H-pyrrole nitrogens is 1. The smallest absolute Gasteiger partial charge is 0.312 e. The number of benzene rings is 1. The van der Waals surface area contributed by atoms with E-state index in [-0.39, 0.29) is 23.3 Å². The molecule has 3 heterocycles. The molecule has 0 unspecified atom stereocenters. The van der Waals surface area contributed by atoms with Crippen molar-refractivity contribution < 1.29 is 4.39 Å². The fraction of sp³-hybridized carbons (Fsp3) is 0.300. The molecule has 0 saturated heterocycles. The summed E-state index contributed by atoms with van der Waals surface area (Å²) in [4.78, 5) is 27.8. The van der Waals surface area contributed by atoms with Crippen molar-refractivity contribution in [1.29, 1.82) is 0 Å². The molecule has 2 N–H and O–H groups in total. The summed E-state index contributed by atoms with van der Waals surface area (Å²) < 4.78 is 15.7. The standard InChI is InChI=1S/C20H19FN6O/c1-10-4-3-5-12-8-14(27(13-6-7-13)19(28)15(10)12)11(2)24-18-16-17(23-9-22-16)25-20(21)26-18/h3-5,8-9,11,13H,6-7H2,1-2H3,(H2,22,23,24,25,26)/t11-/m0/s1. The second-order valence-electron chi connectivity index (χ2n) is 7.32. The zero-order valence-corrected chi connectivity index (χ0v) is 15.5. The number of fused-ring (bicyclic) bond motifs is 2. The molecule has 1 aliphatic carbocycles. The molecule has 8 heteroatoms. The van der Waals surface area contributed by atoms with Crippen LogP contribution in [-0.2, 0) is 0 Å². The van der Waals surface area contributed by atoms with Crippen LogP contribution in [0.3, 0.4) is 0 Å². The molecule has 7 nitrogen and oxygen atoms in total. The molecule has 142 valence electrons. The molecule has 1 saturated carbocycles. The maximum Gasteiger partial charge on any atom is 0.312 e. The number of aromatic amines is 1. The predicted molar refractivity (Wildman–Crippen MR) is 105 cm³/mol. The van der Waals surface area contributed by atoms with Crippen LogP contribution in [0.5, 0.6) is 0 Å². The van der Waals surface area contributed by atoms with E-state index >= 15 is 0 Å². The van der Waals surface area contributed by atoms with Crippen LogP contribution in [-0.4, -0.2) is 24.5 Å². The highest BCUT2D eigenvalue weighted by atomic mass is 19.1. The SMILES string of the molecule is Cc1cccc2cc([C@H](C)Nc3nc(F)nc4nc[nH]c34)n(C3CC3)c(=O)c12. The molecule has 0 amide bonds. The largest absolute Gasteiger partial charge is 0.360 e. The molecule has 5 rings (SSSR count). The summed E-state index contributed by atoms with van der Waals surface area (Å²) >= 11 is 0. The average Bonchev–Trinajstić information content (AvgIpc) is 3.38. The van der Waals surface area contributed by atoms with Crippen LogP contribution in [0.25, 0.3) is 21.9 Å². The molecule has 1 atom stereocenters. The van der Waals surface area contributed by atoms with Crippen LogP contribution in [0.1, 0.15) is 43.1 Å². The number of anilines is 1. The topological polar surface area (TPSA) is 88.5 Å². The highest BCUT2D eigenvalue weighted by Gasteiger charge is 2.29. The van der Waals surface area contributed by atoms with Crippen molar-refractivity contribution in [2.24, 2.45) is 0 Å². The normalized spacial score (nSPS) is 15.2. The van der Waals surface area contributed by atoms with Gasteiger partial charge in [-0.3, -0.25) is 4.79 Å². The third kappa shape index (κ3) is 2.64. The lowest BCUT2D eigenvalue weighted by Gasteiger charge is -2.21. The first-order valence-corrected chi connectivity index (χ1v) is 9.31. The lowest BCUT2D eigenvalue weighted by Crippen LogP contribution is -2.26. The highest BCUT2D eigenvalue weighted by Crippen LogP contribution is 2.37. The molecule has 28 heavy (non-hydrogen) atoms. The third-order valence-electron chi connectivity index (χ3n) is 5.29. The Kier molecular flexibility index (Phi) is 3.68. The Morgan fingerprint density at radius 1 is 1.32 bits per heavy atom. The van der Waals surface area contributed by atoms with E-state index in [1.165, 1.54) is 6.33 Å². The fourth-order valence-corrected chi connectivity index (χ4v) is 3.80. The molecule has 0 spiro atoms. The van der Waals surface area contributed by atoms with Crippen LogP contribution in [0.2, 0.25) is 0 Å². The van der Waals surface area contributed by atoms with E-state index in [1.54, 1.807) is 0 Å². The molecule has 1 fully saturated rings. The summed E-state index contributed by atoms with van der Waals surface area (Å²) in [6, 6.07) is 7.86. The van der Waals surface area contributed by atoms with Gasteiger partial charge in [0.1, 0.15) is 5.52 Å². The van der Waals surface area contributed by atoms with Gasteiger partial charge in [-0.15, -0.1) is 0 Å². The van der Waals surface area contributed by atoms with Crippen molar-refractivity contribution >= 4 is 27.8 Å². The second kappa shape index (κ2) is 6.12. The first-order valence-electron chi connectivity index (χ1n) is 9.31. The highest BCUT2D eigenvalue weighted by molar-refractivity contribution is 5.85. The van der Waals surface area contributed by atoms with Gasteiger partial charge in [0.25, 0.3) is 5.56 Å². The Morgan fingerprint density at radius 3 is 2.93 bits per heavy atom. The Balaban J connectivity index is 1.65. The molecule has 1 aromatic carbocycles. The Labute approximate surface area is 159 Å². The van der Waals surface area contributed by atoms with E-state index in [0.717, 1.165) is 34.9 Å². The van der Waals surface area contributed by atoms with Gasteiger partial charge in [-0.1, -0.05) is 18.2 Å². The molecule has 0 bridgehead atoms. The lowest BCUT2D eigenvalue weighted by atomic mass is 10.0.